The molecule has 0 spiro atoms. The summed E-state index contributed by atoms with van der Waals surface area (Å²) in [7, 11) is 0. The number of halogens is 2. The summed E-state index contributed by atoms with van der Waals surface area (Å²) in [5.41, 5.74) is 6.21. The highest BCUT2D eigenvalue weighted by molar-refractivity contribution is 9.10. The average molecular weight is 295 g/mol. The Balaban J connectivity index is 2.13. The van der Waals surface area contributed by atoms with E-state index >= 15 is 0 Å². The van der Waals surface area contributed by atoms with Gasteiger partial charge in [-0.15, -0.1) is 11.3 Å². The lowest BCUT2D eigenvalue weighted by Crippen LogP contribution is -2.17. The normalized spacial score (nSPS) is 20.2. The molecule has 1 atom stereocenters. The van der Waals surface area contributed by atoms with E-state index in [1.807, 2.05) is 0 Å². The molecule has 1 heterocycles. The van der Waals surface area contributed by atoms with Gasteiger partial charge in [-0.3, -0.25) is 0 Å². The third-order valence-electron chi connectivity index (χ3n) is 2.90. The van der Waals surface area contributed by atoms with Gasteiger partial charge < -0.3 is 5.73 Å². The maximum absolute atomic E-state index is 6.21. The summed E-state index contributed by atoms with van der Waals surface area (Å²) < 4.78 is 1.79. The van der Waals surface area contributed by atoms with E-state index in [4.69, 9.17) is 17.3 Å². The van der Waals surface area contributed by atoms with Crippen molar-refractivity contribution in [1.29, 1.82) is 0 Å². The summed E-state index contributed by atoms with van der Waals surface area (Å²) in [4.78, 5) is 1.22. The lowest BCUT2D eigenvalue weighted by Gasteiger charge is -2.16. The molecule has 0 bridgehead atoms. The predicted molar refractivity (Wildman–Crippen MR) is 65.9 cm³/mol. The molecule has 4 heteroatoms. The number of rotatable bonds is 2. The maximum atomic E-state index is 6.21. The summed E-state index contributed by atoms with van der Waals surface area (Å²) >= 11 is 11.0. The van der Waals surface area contributed by atoms with Crippen LogP contribution in [-0.4, -0.2) is 0 Å². The first kappa shape index (κ1) is 10.9. The molecule has 1 saturated carbocycles. The lowest BCUT2D eigenvalue weighted by atomic mass is 9.98. The zero-order chi connectivity index (χ0) is 10.1. The number of hydrogen-bond acceptors (Lipinski definition) is 2. The molecule has 1 fully saturated rings. The van der Waals surface area contributed by atoms with Crippen LogP contribution in [0.4, 0.5) is 0 Å². The molecule has 0 radical (unpaired) electrons. The van der Waals surface area contributed by atoms with Gasteiger partial charge in [0.2, 0.25) is 0 Å². The predicted octanol–water partition coefficient (Wildman–Crippen LogP) is 4.35. The minimum absolute atomic E-state index is 0.186. The molecule has 1 unspecified atom stereocenters. The number of nitrogens with two attached hydrogens (primary N) is 1. The highest BCUT2D eigenvalue weighted by atomic mass is 79.9. The fourth-order valence-corrected chi connectivity index (χ4v) is 3.91. The Bertz CT molecular complexity index is 300. The van der Waals surface area contributed by atoms with Crippen LogP contribution in [0, 0.1) is 5.92 Å². The summed E-state index contributed by atoms with van der Waals surface area (Å²) in [5.74, 6) is 0.664. The van der Waals surface area contributed by atoms with Gasteiger partial charge in [-0.05, 0) is 40.8 Å². The summed E-state index contributed by atoms with van der Waals surface area (Å²) in [6, 6.07) is 2.25. The minimum Gasteiger partial charge on any atom is -0.323 e. The molecular formula is C10H13BrClNS. The largest absolute Gasteiger partial charge is 0.323 e. The summed E-state index contributed by atoms with van der Waals surface area (Å²) in [6.07, 6.45) is 5.21. The van der Waals surface area contributed by atoms with Crippen LogP contribution in [0.15, 0.2) is 10.5 Å². The molecule has 0 aliphatic heterocycles. The van der Waals surface area contributed by atoms with Crippen molar-refractivity contribution < 1.29 is 0 Å². The Morgan fingerprint density at radius 2 is 2.14 bits per heavy atom. The fraction of sp³-hybridized carbons (Fsp3) is 0.600. The molecule has 2 rings (SSSR count). The smallest absolute Gasteiger partial charge is 0.107 e. The van der Waals surface area contributed by atoms with Crippen LogP contribution in [0.1, 0.15) is 36.6 Å². The summed E-state index contributed by atoms with van der Waals surface area (Å²) in [5, 5.41) is 0. The van der Waals surface area contributed by atoms with Crippen LogP contribution in [-0.2, 0) is 0 Å². The molecule has 0 saturated heterocycles. The quantitative estimate of drug-likeness (QED) is 0.862. The Morgan fingerprint density at radius 3 is 2.64 bits per heavy atom. The average Bonchev–Trinajstić information content (AvgIpc) is 2.76. The Kier molecular flexibility index (Phi) is 3.53. The minimum atomic E-state index is 0.186. The van der Waals surface area contributed by atoms with Gasteiger partial charge in [0.25, 0.3) is 0 Å². The van der Waals surface area contributed by atoms with Crippen LogP contribution < -0.4 is 5.73 Å². The van der Waals surface area contributed by atoms with Crippen molar-refractivity contribution in [1.82, 2.24) is 0 Å². The first-order valence-corrected chi connectivity index (χ1v) is 6.87. The SMILES string of the molecule is NC(c1cc(Br)c(Cl)s1)C1CCCC1. The Morgan fingerprint density at radius 1 is 1.50 bits per heavy atom. The topological polar surface area (TPSA) is 26.0 Å². The van der Waals surface area contributed by atoms with E-state index in [0.29, 0.717) is 5.92 Å². The molecule has 1 nitrogen and oxygen atoms in total. The second kappa shape index (κ2) is 4.52. The fourth-order valence-electron chi connectivity index (χ4n) is 2.08. The van der Waals surface area contributed by atoms with E-state index in [2.05, 4.69) is 22.0 Å². The molecule has 1 aromatic heterocycles. The van der Waals surface area contributed by atoms with Gasteiger partial charge in [-0.2, -0.15) is 0 Å². The van der Waals surface area contributed by atoms with E-state index in [0.717, 1.165) is 8.81 Å². The third kappa shape index (κ3) is 2.16. The molecule has 0 aromatic carbocycles. The van der Waals surface area contributed by atoms with Crippen molar-refractivity contribution in [2.75, 3.05) is 0 Å². The van der Waals surface area contributed by atoms with Crippen LogP contribution in [0.2, 0.25) is 4.34 Å². The van der Waals surface area contributed by atoms with E-state index in [1.54, 1.807) is 11.3 Å². The molecule has 1 aliphatic rings. The van der Waals surface area contributed by atoms with Crippen molar-refractivity contribution in [3.63, 3.8) is 0 Å². The molecule has 2 N–H and O–H groups in total. The van der Waals surface area contributed by atoms with E-state index in [-0.39, 0.29) is 6.04 Å². The van der Waals surface area contributed by atoms with E-state index in [1.165, 1.54) is 30.6 Å². The molecule has 0 amide bonds. The van der Waals surface area contributed by atoms with Crippen LogP contribution in [0.25, 0.3) is 0 Å². The van der Waals surface area contributed by atoms with E-state index in [9.17, 15) is 0 Å². The van der Waals surface area contributed by atoms with Crippen molar-refractivity contribution in [2.24, 2.45) is 11.7 Å². The van der Waals surface area contributed by atoms with Gasteiger partial charge in [0.1, 0.15) is 4.34 Å². The Labute approximate surface area is 102 Å². The van der Waals surface area contributed by atoms with Crippen LogP contribution in [0.3, 0.4) is 0 Å². The summed E-state index contributed by atoms with van der Waals surface area (Å²) in [6.45, 7) is 0. The molecule has 78 valence electrons. The lowest BCUT2D eigenvalue weighted by molar-refractivity contribution is 0.450. The highest BCUT2D eigenvalue weighted by Crippen LogP contribution is 2.40. The monoisotopic (exact) mass is 293 g/mol. The van der Waals surface area contributed by atoms with Crippen molar-refractivity contribution >= 4 is 38.9 Å². The number of hydrogen-bond donors (Lipinski definition) is 1. The zero-order valence-electron chi connectivity index (χ0n) is 7.80. The molecular weight excluding hydrogens is 282 g/mol. The molecule has 1 aromatic rings. The van der Waals surface area contributed by atoms with Crippen molar-refractivity contribution in [2.45, 2.75) is 31.7 Å². The second-order valence-corrected chi connectivity index (χ2v) is 6.38. The maximum Gasteiger partial charge on any atom is 0.107 e. The molecule has 1 aliphatic carbocycles. The van der Waals surface area contributed by atoms with Crippen molar-refractivity contribution in [3.05, 3.63) is 19.8 Å². The zero-order valence-corrected chi connectivity index (χ0v) is 11.0. The van der Waals surface area contributed by atoms with Crippen LogP contribution in [0.5, 0.6) is 0 Å². The van der Waals surface area contributed by atoms with E-state index < -0.39 is 0 Å². The standard InChI is InChI=1S/C10H13BrClNS/c11-7-5-8(14-10(7)12)9(13)6-3-1-2-4-6/h5-6,9H,1-4,13H2. The van der Waals surface area contributed by atoms with Gasteiger partial charge in [0.05, 0.1) is 0 Å². The highest BCUT2D eigenvalue weighted by Gasteiger charge is 2.24. The van der Waals surface area contributed by atoms with Gasteiger partial charge >= 0.3 is 0 Å². The second-order valence-electron chi connectivity index (χ2n) is 3.84. The Hall–Kier alpha value is 0.430. The van der Waals surface area contributed by atoms with Crippen LogP contribution >= 0.6 is 38.9 Å². The van der Waals surface area contributed by atoms with Gasteiger partial charge in [0, 0.05) is 15.4 Å². The first-order valence-electron chi connectivity index (χ1n) is 4.89. The molecule has 14 heavy (non-hydrogen) atoms. The van der Waals surface area contributed by atoms with Gasteiger partial charge in [-0.25, -0.2) is 0 Å². The first-order chi connectivity index (χ1) is 6.68. The third-order valence-corrected chi connectivity index (χ3v) is 5.48. The van der Waals surface area contributed by atoms with Crippen molar-refractivity contribution in [3.8, 4) is 0 Å². The van der Waals surface area contributed by atoms with Gasteiger partial charge in [0.15, 0.2) is 0 Å². The van der Waals surface area contributed by atoms with Gasteiger partial charge in [-0.1, -0.05) is 24.4 Å². The number of thiophene rings is 1.